The van der Waals surface area contributed by atoms with Crippen molar-refractivity contribution in [1.82, 2.24) is 15.0 Å². The van der Waals surface area contributed by atoms with Gasteiger partial charge in [-0.2, -0.15) is 0 Å². The minimum absolute atomic E-state index is 0.441. The quantitative estimate of drug-likeness (QED) is 0.720. The Kier molecular flexibility index (Phi) is 5.72. The van der Waals surface area contributed by atoms with Gasteiger partial charge in [0.05, 0.1) is 18.5 Å². The van der Waals surface area contributed by atoms with E-state index in [0.29, 0.717) is 12.0 Å². The number of benzene rings is 1. The molecule has 0 aliphatic heterocycles. The van der Waals surface area contributed by atoms with Gasteiger partial charge in [-0.3, -0.25) is 0 Å². The maximum absolute atomic E-state index is 5.06. The summed E-state index contributed by atoms with van der Waals surface area (Å²) in [6.45, 7) is 7.40. The van der Waals surface area contributed by atoms with Crippen LogP contribution in [-0.4, -0.2) is 22.1 Å². The predicted molar refractivity (Wildman–Crippen MR) is 89.1 cm³/mol. The molecule has 0 radical (unpaired) electrons. The zero-order valence-corrected chi connectivity index (χ0v) is 14.2. The number of unbranched alkanes of at least 4 members (excludes halogenated alkanes) is 1. The first-order chi connectivity index (χ1) is 10.5. The normalized spacial score (nSPS) is 11.8. The van der Waals surface area contributed by atoms with Gasteiger partial charge in [0.1, 0.15) is 5.69 Å². The van der Waals surface area contributed by atoms with Gasteiger partial charge < -0.3 is 4.74 Å². The molecular formula is C18H27N3O. The Morgan fingerprint density at radius 1 is 1.09 bits per heavy atom. The third kappa shape index (κ3) is 5.26. The topological polar surface area (TPSA) is 39.9 Å². The summed E-state index contributed by atoms with van der Waals surface area (Å²) in [4.78, 5) is 0. The highest BCUT2D eigenvalue weighted by Crippen LogP contribution is 2.22. The van der Waals surface area contributed by atoms with Crippen LogP contribution in [0.3, 0.4) is 0 Å². The first-order valence-electron chi connectivity index (χ1n) is 7.97. The highest BCUT2D eigenvalue weighted by Gasteiger charge is 2.09. The maximum Gasteiger partial charge on any atom is 0.109 e. The van der Waals surface area contributed by atoms with Gasteiger partial charge in [0, 0.05) is 7.11 Å². The molecule has 0 unspecified atom stereocenters. The molecule has 4 nitrogen and oxygen atoms in total. The van der Waals surface area contributed by atoms with Crippen molar-refractivity contribution in [3.05, 3.63) is 41.7 Å². The third-order valence-corrected chi connectivity index (χ3v) is 3.68. The Labute approximate surface area is 133 Å². The fourth-order valence-electron chi connectivity index (χ4n) is 2.44. The molecule has 0 spiro atoms. The van der Waals surface area contributed by atoms with Crippen molar-refractivity contribution in [3.8, 4) is 5.69 Å². The smallest absolute Gasteiger partial charge is 0.109 e. The van der Waals surface area contributed by atoms with Crippen LogP contribution in [0.2, 0.25) is 0 Å². The van der Waals surface area contributed by atoms with E-state index < -0.39 is 0 Å². The molecule has 0 saturated heterocycles. The van der Waals surface area contributed by atoms with Crippen LogP contribution in [-0.2, 0) is 17.8 Å². The number of hydrogen-bond acceptors (Lipinski definition) is 3. The lowest BCUT2D eigenvalue weighted by molar-refractivity contribution is 0.181. The Balaban J connectivity index is 1.87. The van der Waals surface area contributed by atoms with Gasteiger partial charge in [0.25, 0.3) is 0 Å². The maximum atomic E-state index is 5.06. The highest BCUT2D eigenvalue weighted by atomic mass is 16.5. The number of nitrogens with zero attached hydrogens (tertiary/aromatic N) is 3. The van der Waals surface area contributed by atoms with Crippen LogP contribution < -0.4 is 0 Å². The van der Waals surface area contributed by atoms with Crippen molar-refractivity contribution >= 4 is 0 Å². The predicted octanol–water partition coefficient (Wildman–Crippen LogP) is 4.17. The largest absolute Gasteiger partial charge is 0.378 e. The SMILES string of the molecule is COCc1cn(-c2ccc(CCCCC(C)(C)C)cc2)nn1. The Hall–Kier alpha value is -1.68. The summed E-state index contributed by atoms with van der Waals surface area (Å²) in [6.07, 6.45) is 6.86. The lowest BCUT2D eigenvalue weighted by atomic mass is 9.89. The van der Waals surface area contributed by atoms with Gasteiger partial charge in [0.2, 0.25) is 0 Å². The molecule has 0 N–H and O–H groups in total. The van der Waals surface area contributed by atoms with Gasteiger partial charge >= 0.3 is 0 Å². The molecule has 0 aliphatic rings. The summed E-state index contributed by atoms with van der Waals surface area (Å²) in [7, 11) is 1.66. The zero-order chi connectivity index (χ0) is 16.0. The lowest BCUT2D eigenvalue weighted by Crippen LogP contribution is -2.04. The van der Waals surface area contributed by atoms with Crippen molar-refractivity contribution in [2.45, 2.75) is 53.1 Å². The molecule has 0 bridgehead atoms. The highest BCUT2D eigenvalue weighted by molar-refractivity contribution is 5.33. The van der Waals surface area contributed by atoms with E-state index in [9.17, 15) is 0 Å². The van der Waals surface area contributed by atoms with E-state index in [0.717, 1.165) is 17.8 Å². The first-order valence-corrected chi connectivity index (χ1v) is 7.97. The summed E-state index contributed by atoms with van der Waals surface area (Å²) in [5.74, 6) is 0. The van der Waals surface area contributed by atoms with Gasteiger partial charge in [0.15, 0.2) is 0 Å². The number of rotatable bonds is 7. The Morgan fingerprint density at radius 2 is 1.82 bits per heavy atom. The second kappa shape index (κ2) is 7.54. The fraction of sp³-hybridized carbons (Fsp3) is 0.556. The van der Waals surface area contributed by atoms with Crippen LogP contribution in [0.25, 0.3) is 5.69 Å². The van der Waals surface area contributed by atoms with Crippen molar-refractivity contribution < 1.29 is 4.74 Å². The van der Waals surface area contributed by atoms with E-state index in [1.807, 2.05) is 6.20 Å². The molecule has 22 heavy (non-hydrogen) atoms. The molecule has 0 fully saturated rings. The van der Waals surface area contributed by atoms with Crippen molar-refractivity contribution in [3.63, 3.8) is 0 Å². The molecule has 1 heterocycles. The van der Waals surface area contributed by atoms with Crippen LogP contribution in [0, 0.1) is 5.41 Å². The number of ether oxygens (including phenoxy) is 1. The molecule has 0 aliphatic carbocycles. The number of methoxy groups -OCH3 is 1. The molecule has 4 heteroatoms. The summed E-state index contributed by atoms with van der Waals surface area (Å²) in [5.41, 5.74) is 3.70. The van der Waals surface area contributed by atoms with E-state index in [1.165, 1.54) is 24.8 Å². The van der Waals surface area contributed by atoms with E-state index in [-0.39, 0.29) is 0 Å². The minimum atomic E-state index is 0.441. The molecule has 120 valence electrons. The molecule has 0 saturated carbocycles. The summed E-state index contributed by atoms with van der Waals surface area (Å²) < 4.78 is 6.85. The lowest BCUT2D eigenvalue weighted by Gasteiger charge is -2.17. The molecular weight excluding hydrogens is 274 g/mol. The van der Waals surface area contributed by atoms with E-state index in [4.69, 9.17) is 4.74 Å². The molecule has 1 aromatic carbocycles. The average Bonchev–Trinajstić information content (AvgIpc) is 2.92. The van der Waals surface area contributed by atoms with E-state index in [1.54, 1.807) is 11.8 Å². The van der Waals surface area contributed by atoms with E-state index in [2.05, 4.69) is 55.3 Å². The first kappa shape index (κ1) is 16.7. The summed E-state index contributed by atoms with van der Waals surface area (Å²) >= 11 is 0. The van der Waals surface area contributed by atoms with Crippen LogP contribution >= 0.6 is 0 Å². The van der Waals surface area contributed by atoms with Crippen molar-refractivity contribution in [2.24, 2.45) is 5.41 Å². The third-order valence-electron chi connectivity index (χ3n) is 3.68. The minimum Gasteiger partial charge on any atom is -0.378 e. The second-order valence-corrected chi connectivity index (χ2v) is 7.02. The monoisotopic (exact) mass is 301 g/mol. The average molecular weight is 301 g/mol. The molecule has 2 aromatic rings. The Bertz CT molecular complexity index is 567. The summed E-state index contributed by atoms with van der Waals surface area (Å²) in [5, 5.41) is 8.20. The summed E-state index contributed by atoms with van der Waals surface area (Å²) in [6, 6.07) is 8.57. The zero-order valence-electron chi connectivity index (χ0n) is 14.2. The van der Waals surface area contributed by atoms with Crippen LogP contribution in [0.1, 0.15) is 51.3 Å². The molecule has 0 atom stereocenters. The fourth-order valence-corrected chi connectivity index (χ4v) is 2.44. The number of aryl methyl sites for hydroxylation is 1. The number of hydrogen-bond donors (Lipinski definition) is 0. The van der Waals surface area contributed by atoms with Crippen LogP contribution in [0.4, 0.5) is 0 Å². The van der Waals surface area contributed by atoms with Crippen molar-refractivity contribution in [1.29, 1.82) is 0 Å². The second-order valence-electron chi connectivity index (χ2n) is 7.02. The Morgan fingerprint density at radius 3 is 2.45 bits per heavy atom. The van der Waals surface area contributed by atoms with Gasteiger partial charge in [-0.15, -0.1) is 5.10 Å². The van der Waals surface area contributed by atoms with Crippen LogP contribution in [0.5, 0.6) is 0 Å². The molecule has 1 aromatic heterocycles. The number of aromatic nitrogens is 3. The van der Waals surface area contributed by atoms with Gasteiger partial charge in [-0.05, 0) is 42.4 Å². The van der Waals surface area contributed by atoms with Gasteiger partial charge in [-0.25, -0.2) is 4.68 Å². The van der Waals surface area contributed by atoms with Crippen molar-refractivity contribution in [2.75, 3.05) is 7.11 Å². The van der Waals surface area contributed by atoms with Crippen LogP contribution in [0.15, 0.2) is 30.5 Å². The molecule has 0 amide bonds. The molecule has 2 rings (SSSR count). The van der Waals surface area contributed by atoms with Gasteiger partial charge in [-0.1, -0.05) is 44.5 Å². The standard InChI is InChI=1S/C18H27N3O/c1-18(2,3)12-6-5-7-15-8-10-17(11-9-15)21-13-16(14-22-4)19-20-21/h8-11,13H,5-7,12,14H2,1-4H3. The van der Waals surface area contributed by atoms with E-state index >= 15 is 0 Å².